The first-order valence-electron chi connectivity index (χ1n) is 8.65. The van der Waals surface area contributed by atoms with E-state index in [2.05, 4.69) is 4.98 Å². The third-order valence-corrected chi connectivity index (χ3v) is 4.39. The fraction of sp³-hybridized carbons (Fsp3) is 0.0435. The second-order valence-electron chi connectivity index (χ2n) is 6.34. The molecule has 138 valence electrons. The smallest absolute Gasteiger partial charge is 0.220 e. The molecule has 5 heteroatoms. The number of carbonyl (C=O) groups is 1. The number of carbonyl (C=O) groups excluding carboxylic acids is 1. The number of oxazole rings is 1. The predicted octanol–water partition coefficient (Wildman–Crippen LogP) is 6.15. The van der Waals surface area contributed by atoms with E-state index >= 15 is 0 Å². The van der Waals surface area contributed by atoms with Crippen LogP contribution in [0.25, 0.3) is 34.4 Å². The average molecular weight is 375 g/mol. The molecule has 4 rings (SSSR count). The number of ketones is 1. The van der Waals surface area contributed by atoms with Gasteiger partial charge in [0.05, 0.1) is 0 Å². The van der Waals surface area contributed by atoms with Gasteiger partial charge in [0.25, 0.3) is 0 Å². The fourth-order valence-corrected chi connectivity index (χ4v) is 3.02. The lowest BCUT2D eigenvalue weighted by Crippen LogP contribution is -1.95. The molecule has 0 spiro atoms. The van der Waals surface area contributed by atoms with Gasteiger partial charge in [-0.15, -0.1) is 0 Å². The van der Waals surface area contributed by atoms with Gasteiger partial charge in [-0.05, 0) is 48.4 Å². The number of fused-ring (bicyclic) bond motifs is 1. The Balaban J connectivity index is 1.69. The standard InChI is InChI=1S/C23H15F2NO2/c1-14(27)18-4-2-3-5-19(18)16-7-10-22-21(12-16)26-23(28-22)11-8-15-6-9-17(24)13-20(15)25/h2-13H,1H3. The molecule has 28 heavy (non-hydrogen) atoms. The molecule has 0 saturated carbocycles. The number of rotatable bonds is 4. The maximum Gasteiger partial charge on any atom is 0.220 e. The van der Waals surface area contributed by atoms with E-state index in [1.807, 2.05) is 30.3 Å². The molecule has 4 aromatic rings. The summed E-state index contributed by atoms with van der Waals surface area (Å²) in [5.74, 6) is -0.998. The number of hydrogen-bond donors (Lipinski definition) is 0. The van der Waals surface area contributed by atoms with Crippen LogP contribution in [-0.4, -0.2) is 10.8 Å². The Hall–Kier alpha value is -3.60. The second kappa shape index (κ2) is 7.19. The summed E-state index contributed by atoms with van der Waals surface area (Å²) in [6, 6.07) is 16.2. The Morgan fingerprint density at radius 3 is 2.61 bits per heavy atom. The number of benzene rings is 3. The molecule has 1 heterocycles. The largest absolute Gasteiger partial charge is 0.437 e. The molecule has 3 nitrogen and oxygen atoms in total. The van der Waals surface area contributed by atoms with Crippen molar-refractivity contribution in [3.63, 3.8) is 0 Å². The van der Waals surface area contributed by atoms with Crippen LogP contribution in [0.2, 0.25) is 0 Å². The molecule has 0 radical (unpaired) electrons. The van der Waals surface area contributed by atoms with E-state index in [4.69, 9.17) is 4.42 Å². The highest BCUT2D eigenvalue weighted by Crippen LogP contribution is 2.28. The third kappa shape index (κ3) is 3.47. The first kappa shape index (κ1) is 17.8. The van der Waals surface area contributed by atoms with Crippen molar-refractivity contribution in [1.29, 1.82) is 0 Å². The molecule has 0 bridgehead atoms. The number of aromatic nitrogens is 1. The van der Waals surface area contributed by atoms with Crippen molar-refractivity contribution in [3.8, 4) is 11.1 Å². The van der Waals surface area contributed by atoms with Crippen molar-refractivity contribution in [2.45, 2.75) is 6.92 Å². The molecule has 0 aliphatic heterocycles. The van der Waals surface area contributed by atoms with E-state index in [1.54, 1.807) is 12.1 Å². The molecule has 1 aromatic heterocycles. The molecule has 0 atom stereocenters. The van der Waals surface area contributed by atoms with Crippen LogP contribution in [-0.2, 0) is 0 Å². The Morgan fingerprint density at radius 1 is 1.00 bits per heavy atom. The van der Waals surface area contributed by atoms with Crippen molar-refractivity contribution < 1.29 is 18.0 Å². The van der Waals surface area contributed by atoms with Crippen LogP contribution < -0.4 is 0 Å². The summed E-state index contributed by atoms with van der Waals surface area (Å²) in [5.41, 5.74) is 3.74. The van der Waals surface area contributed by atoms with E-state index in [-0.39, 0.29) is 11.3 Å². The normalized spacial score (nSPS) is 11.4. The maximum atomic E-state index is 13.7. The molecular weight excluding hydrogens is 360 g/mol. The van der Waals surface area contributed by atoms with Crippen LogP contribution >= 0.6 is 0 Å². The van der Waals surface area contributed by atoms with Crippen molar-refractivity contribution in [3.05, 3.63) is 89.3 Å². The number of Topliss-reactive ketones (excluding diaryl/α,β-unsaturated/α-hetero) is 1. The van der Waals surface area contributed by atoms with Gasteiger partial charge in [0.15, 0.2) is 11.4 Å². The molecule has 0 fully saturated rings. The van der Waals surface area contributed by atoms with Crippen molar-refractivity contribution in [2.24, 2.45) is 0 Å². The minimum Gasteiger partial charge on any atom is -0.437 e. The first-order valence-corrected chi connectivity index (χ1v) is 8.65. The van der Waals surface area contributed by atoms with Gasteiger partial charge in [-0.25, -0.2) is 13.8 Å². The lowest BCUT2D eigenvalue weighted by molar-refractivity contribution is 0.101. The highest BCUT2D eigenvalue weighted by Gasteiger charge is 2.11. The van der Waals surface area contributed by atoms with Gasteiger partial charge in [0, 0.05) is 23.3 Å². The van der Waals surface area contributed by atoms with Crippen molar-refractivity contribution in [2.75, 3.05) is 0 Å². The third-order valence-electron chi connectivity index (χ3n) is 4.39. The van der Waals surface area contributed by atoms with Gasteiger partial charge >= 0.3 is 0 Å². The van der Waals surface area contributed by atoms with Gasteiger partial charge in [-0.3, -0.25) is 4.79 Å². The number of nitrogens with zero attached hydrogens (tertiary/aromatic N) is 1. The summed E-state index contributed by atoms with van der Waals surface area (Å²) >= 11 is 0. The van der Waals surface area contributed by atoms with E-state index in [1.165, 1.54) is 31.2 Å². The van der Waals surface area contributed by atoms with Gasteiger partial charge in [-0.1, -0.05) is 30.3 Å². The van der Waals surface area contributed by atoms with Gasteiger partial charge in [0.1, 0.15) is 17.2 Å². The molecule has 0 saturated heterocycles. The lowest BCUT2D eigenvalue weighted by Gasteiger charge is -2.06. The van der Waals surface area contributed by atoms with Gasteiger partial charge in [0.2, 0.25) is 5.89 Å². The number of hydrogen-bond acceptors (Lipinski definition) is 3. The maximum absolute atomic E-state index is 13.7. The van der Waals surface area contributed by atoms with Crippen LogP contribution in [0.5, 0.6) is 0 Å². The van der Waals surface area contributed by atoms with Crippen molar-refractivity contribution in [1.82, 2.24) is 4.98 Å². The fourth-order valence-electron chi connectivity index (χ4n) is 3.02. The minimum absolute atomic E-state index is 0.0132. The van der Waals surface area contributed by atoms with Gasteiger partial charge < -0.3 is 4.42 Å². The quantitative estimate of drug-likeness (QED) is 0.402. The molecule has 3 aromatic carbocycles. The summed E-state index contributed by atoms with van der Waals surface area (Å²) in [4.78, 5) is 16.3. The SMILES string of the molecule is CC(=O)c1ccccc1-c1ccc2oc(C=Cc3ccc(F)cc3F)nc2c1. The highest BCUT2D eigenvalue weighted by atomic mass is 19.1. The van der Waals surface area contributed by atoms with Crippen molar-refractivity contribution >= 4 is 29.0 Å². The van der Waals surface area contributed by atoms with Crippen LogP contribution in [0.4, 0.5) is 8.78 Å². The molecule has 0 aliphatic rings. The summed E-state index contributed by atoms with van der Waals surface area (Å²) in [7, 11) is 0. The first-order chi connectivity index (χ1) is 13.5. The Morgan fingerprint density at radius 2 is 1.82 bits per heavy atom. The summed E-state index contributed by atoms with van der Waals surface area (Å²) in [6.45, 7) is 1.53. The van der Waals surface area contributed by atoms with E-state index in [9.17, 15) is 13.6 Å². The zero-order valence-corrected chi connectivity index (χ0v) is 14.9. The highest BCUT2D eigenvalue weighted by molar-refractivity contribution is 6.01. The number of halogens is 2. The molecule has 0 unspecified atom stereocenters. The summed E-state index contributed by atoms with van der Waals surface area (Å²) in [6.07, 6.45) is 3.00. The Bertz CT molecular complexity index is 1220. The molecule has 0 aliphatic carbocycles. The van der Waals surface area contributed by atoms with Crippen LogP contribution in [0.1, 0.15) is 28.7 Å². The van der Waals surface area contributed by atoms with E-state index in [0.717, 1.165) is 17.2 Å². The molecule has 0 amide bonds. The Labute approximate surface area is 160 Å². The van der Waals surface area contributed by atoms with E-state index < -0.39 is 11.6 Å². The molecular formula is C23H15F2NO2. The van der Waals surface area contributed by atoms with Crippen LogP contribution in [0.3, 0.4) is 0 Å². The lowest BCUT2D eigenvalue weighted by atomic mass is 9.97. The van der Waals surface area contributed by atoms with Gasteiger partial charge in [-0.2, -0.15) is 0 Å². The second-order valence-corrected chi connectivity index (χ2v) is 6.34. The summed E-state index contributed by atoms with van der Waals surface area (Å²) in [5, 5.41) is 0. The minimum atomic E-state index is -0.657. The summed E-state index contributed by atoms with van der Waals surface area (Å²) < 4.78 is 32.4. The Kier molecular flexibility index (Phi) is 4.57. The average Bonchev–Trinajstić information content (AvgIpc) is 3.09. The van der Waals surface area contributed by atoms with Crippen LogP contribution in [0.15, 0.2) is 65.1 Å². The topological polar surface area (TPSA) is 43.1 Å². The van der Waals surface area contributed by atoms with E-state index in [0.29, 0.717) is 22.6 Å². The predicted molar refractivity (Wildman–Crippen MR) is 105 cm³/mol. The monoisotopic (exact) mass is 375 g/mol. The molecule has 0 N–H and O–H groups in total. The zero-order valence-electron chi connectivity index (χ0n) is 14.9. The zero-order chi connectivity index (χ0) is 19.7. The van der Waals surface area contributed by atoms with Crippen LogP contribution in [0, 0.1) is 11.6 Å².